The largest absolute Gasteiger partial charge is 0.361 e. The third kappa shape index (κ3) is 2.88. The molecular formula is C13H22N4S. The Morgan fingerprint density at radius 2 is 2.11 bits per heavy atom. The molecule has 1 aromatic heterocycles. The summed E-state index contributed by atoms with van der Waals surface area (Å²) in [6.07, 6.45) is 0. The number of amidine groups is 1. The maximum absolute atomic E-state index is 4.60. The molecule has 0 atom stereocenters. The topological polar surface area (TPSA) is 42.2 Å². The second-order valence-electron chi connectivity index (χ2n) is 5.70. The molecule has 0 radical (unpaired) electrons. The highest BCUT2D eigenvalue weighted by Crippen LogP contribution is 2.27. The van der Waals surface area contributed by atoms with Crippen LogP contribution in [0.25, 0.3) is 0 Å². The third-order valence-electron chi connectivity index (χ3n) is 3.33. The van der Waals surface area contributed by atoms with Crippen LogP contribution in [0.5, 0.6) is 0 Å². The molecule has 2 heterocycles. The zero-order valence-electron chi connectivity index (χ0n) is 11.9. The zero-order chi connectivity index (χ0) is 13.3. The summed E-state index contributed by atoms with van der Waals surface area (Å²) < 4.78 is 1.94. The highest BCUT2D eigenvalue weighted by Gasteiger charge is 2.23. The van der Waals surface area contributed by atoms with Gasteiger partial charge < -0.3 is 5.32 Å². The van der Waals surface area contributed by atoms with Crippen LogP contribution in [0, 0.1) is 19.3 Å². The van der Waals surface area contributed by atoms with E-state index in [2.05, 4.69) is 43.1 Å². The molecule has 0 aliphatic carbocycles. The van der Waals surface area contributed by atoms with Crippen LogP contribution in [0.15, 0.2) is 4.99 Å². The fraction of sp³-hybridized carbons (Fsp3) is 0.692. The number of rotatable bonds is 2. The molecule has 18 heavy (non-hydrogen) atoms. The summed E-state index contributed by atoms with van der Waals surface area (Å²) in [7, 11) is 1.99. The van der Waals surface area contributed by atoms with Gasteiger partial charge in [0.1, 0.15) is 0 Å². The van der Waals surface area contributed by atoms with E-state index in [-0.39, 0.29) is 0 Å². The maximum atomic E-state index is 4.60. The van der Waals surface area contributed by atoms with Crippen LogP contribution in [-0.2, 0) is 13.6 Å². The lowest BCUT2D eigenvalue weighted by Gasteiger charge is -2.27. The summed E-state index contributed by atoms with van der Waals surface area (Å²) in [4.78, 5) is 4.60. The molecule has 0 amide bonds. The number of aromatic nitrogens is 2. The highest BCUT2D eigenvalue weighted by atomic mass is 32.2. The summed E-state index contributed by atoms with van der Waals surface area (Å²) in [5.74, 6) is 1.13. The van der Waals surface area contributed by atoms with Crippen LogP contribution in [0.2, 0.25) is 0 Å². The molecule has 0 fully saturated rings. The fourth-order valence-electron chi connectivity index (χ4n) is 1.99. The molecule has 100 valence electrons. The van der Waals surface area contributed by atoms with Gasteiger partial charge in [0, 0.05) is 37.1 Å². The van der Waals surface area contributed by atoms with Gasteiger partial charge in [-0.2, -0.15) is 5.10 Å². The van der Waals surface area contributed by atoms with Gasteiger partial charge in [-0.15, -0.1) is 0 Å². The number of thioether (sulfide) groups is 1. The van der Waals surface area contributed by atoms with E-state index in [4.69, 9.17) is 0 Å². The molecular weight excluding hydrogens is 244 g/mol. The lowest BCUT2D eigenvalue weighted by Crippen LogP contribution is -2.31. The molecule has 4 nitrogen and oxygen atoms in total. The number of aliphatic imine (C=N–C) groups is 1. The number of nitrogens with zero attached hydrogens (tertiary/aromatic N) is 3. The van der Waals surface area contributed by atoms with Crippen LogP contribution in [0.1, 0.15) is 30.8 Å². The second kappa shape index (κ2) is 4.96. The van der Waals surface area contributed by atoms with E-state index < -0.39 is 0 Å². The predicted octanol–water partition coefficient (Wildman–Crippen LogP) is 2.26. The Balaban J connectivity index is 1.99. The quantitative estimate of drug-likeness (QED) is 0.893. The van der Waals surface area contributed by atoms with Gasteiger partial charge in [-0.05, 0) is 19.3 Å². The van der Waals surface area contributed by atoms with Crippen molar-refractivity contribution in [2.75, 3.05) is 12.3 Å². The Kier molecular flexibility index (Phi) is 3.71. The molecule has 0 spiro atoms. The molecule has 0 aromatic carbocycles. The fourth-order valence-corrected chi connectivity index (χ4v) is 2.93. The van der Waals surface area contributed by atoms with Crippen molar-refractivity contribution in [3.63, 3.8) is 0 Å². The van der Waals surface area contributed by atoms with Crippen LogP contribution < -0.4 is 5.32 Å². The van der Waals surface area contributed by atoms with Crippen molar-refractivity contribution >= 4 is 16.9 Å². The van der Waals surface area contributed by atoms with Gasteiger partial charge in [-0.3, -0.25) is 9.67 Å². The average molecular weight is 266 g/mol. The summed E-state index contributed by atoms with van der Waals surface area (Å²) in [6, 6.07) is 0. The number of nitrogens with one attached hydrogen (secondary N) is 1. The monoisotopic (exact) mass is 266 g/mol. The first-order chi connectivity index (χ1) is 8.39. The summed E-state index contributed by atoms with van der Waals surface area (Å²) >= 11 is 1.82. The van der Waals surface area contributed by atoms with E-state index in [1.807, 2.05) is 23.5 Å². The van der Waals surface area contributed by atoms with E-state index in [0.717, 1.165) is 29.7 Å². The molecule has 0 bridgehead atoms. The highest BCUT2D eigenvalue weighted by molar-refractivity contribution is 8.13. The van der Waals surface area contributed by atoms with Gasteiger partial charge in [0.2, 0.25) is 0 Å². The second-order valence-corrected chi connectivity index (χ2v) is 6.66. The average Bonchev–Trinajstić information content (AvgIpc) is 2.53. The zero-order valence-corrected chi connectivity index (χ0v) is 12.7. The SMILES string of the molecule is Cc1nn(C)c(C)c1CNC1=NCC(C)(C)CS1. The number of hydrogen-bond acceptors (Lipinski definition) is 4. The Morgan fingerprint density at radius 1 is 1.39 bits per heavy atom. The van der Waals surface area contributed by atoms with E-state index in [9.17, 15) is 0 Å². The lowest BCUT2D eigenvalue weighted by atomic mass is 9.97. The molecule has 0 saturated carbocycles. The van der Waals surface area contributed by atoms with E-state index in [1.165, 1.54) is 11.3 Å². The molecule has 1 N–H and O–H groups in total. The van der Waals surface area contributed by atoms with Crippen molar-refractivity contribution in [2.24, 2.45) is 17.5 Å². The van der Waals surface area contributed by atoms with Gasteiger partial charge >= 0.3 is 0 Å². The Labute approximate surface area is 113 Å². The molecule has 1 aromatic rings. The first-order valence-corrected chi connectivity index (χ1v) is 7.28. The standard InChI is InChI=1S/C13H22N4S/c1-9-11(10(2)17(5)16-9)6-14-12-15-7-13(3,4)8-18-12/h6-8H2,1-5H3,(H,14,15). The van der Waals surface area contributed by atoms with E-state index >= 15 is 0 Å². The molecule has 1 aliphatic heterocycles. The molecule has 1 aliphatic rings. The summed E-state index contributed by atoms with van der Waals surface area (Å²) in [6.45, 7) is 10.4. The smallest absolute Gasteiger partial charge is 0.156 e. The van der Waals surface area contributed by atoms with Crippen molar-refractivity contribution < 1.29 is 0 Å². The Hall–Kier alpha value is -0.970. The summed E-state index contributed by atoms with van der Waals surface area (Å²) in [5.41, 5.74) is 3.94. The van der Waals surface area contributed by atoms with Gasteiger partial charge in [0.25, 0.3) is 0 Å². The first-order valence-electron chi connectivity index (χ1n) is 6.29. The van der Waals surface area contributed by atoms with Gasteiger partial charge in [-0.25, -0.2) is 0 Å². The van der Waals surface area contributed by atoms with Gasteiger partial charge in [0.05, 0.1) is 5.69 Å². The van der Waals surface area contributed by atoms with Crippen molar-refractivity contribution in [3.8, 4) is 0 Å². The normalized spacial score (nSPS) is 18.6. The predicted molar refractivity (Wildman–Crippen MR) is 78.1 cm³/mol. The number of aryl methyl sites for hydroxylation is 2. The van der Waals surface area contributed by atoms with Crippen LogP contribution in [-0.4, -0.2) is 27.2 Å². The Bertz CT molecular complexity index is 474. The van der Waals surface area contributed by atoms with Gasteiger partial charge in [-0.1, -0.05) is 25.6 Å². The maximum Gasteiger partial charge on any atom is 0.156 e. The first kappa shape index (κ1) is 13.5. The van der Waals surface area contributed by atoms with E-state index in [0.29, 0.717) is 5.41 Å². The van der Waals surface area contributed by atoms with Crippen LogP contribution in [0.4, 0.5) is 0 Å². The lowest BCUT2D eigenvalue weighted by molar-refractivity contribution is 0.436. The van der Waals surface area contributed by atoms with Crippen molar-refractivity contribution in [2.45, 2.75) is 34.2 Å². The van der Waals surface area contributed by atoms with Crippen molar-refractivity contribution in [1.29, 1.82) is 0 Å². The minimum absolute atomic E-state index is 0.329. The van der Waals surface area contributed by atoms with Crippen LogP contribution >= 0.6 is 11.8 Å². The molecule has 2 rings (SSSR count). The van der Waals surface area contributed by atoms with Crippen molar-refractivity contribution in [3.05, 3.63) is 17.0 Å². The van der Waals surface area contributed by atoms with Crippen molar-refractivity contribution in [1.82, 2.24) is 15.1 Å². The Morgan fingerprint density at radius 3 is 2.61 bits per heavy atom. The molecule has 0 saturated heterocycles. The summed E-state index contributed by atoms with van der Waals surface area (Å²) in [5, 5.41) is 8.92. The third-order valence-corrected chi connectivity index (χ3v) is 4.80. The van der Waals surface area contributed by atoms with Gasteiger partial charge in [0.15, 0.2) is 5.17 Å². The van der Waals surface area contributed by atoms with Crippen LogP contribution in [0.3, 0.4) is 0 Å². The number of hydrogen-bond donors (Lipinski definition) is 1. The van der Waals surface area contributed by atoms with E-state index in [1.54, 1.807) is 0 Å². The minimum Gasteiger partial charge on any atom is -0.361 e. The molecule has 0 unspecified atom stereocenters. The molecule has 5 heteroatoms. The minimum atomic E-state index is 0.329.